The van der Waals surface area contributed by atoms with Crippen LogP contribution in [0, 0.1) is 0 Å². The second kappa shape index (κ2) is 7.83. The number of pyridine rings is 1. The Morgan fingerprint density at radius 3 is 3.00 bits per heavy atom. The lowest BCUT2D eigenvalue weighted by molar-refractivity contribution is -0.131. The molecule has 26 heavy (non-hydrogen) atoms. The molecule has 1 saturated heterocycles. The molecule has 0 unspecified atom stereocenters. The zero-order valence-corrected chi connectivity index (χ0v) is 15.4. The molecule has 4 rings (SSSR count). The van der Waals surface area contributed by atoms with Gasteiger partial charge in [-0.2, -0.15) is 11.3 Å². The van der Waals surface area contributed by atoms with E-state index in [2.05, 4.69) is 19.9 Å². The number of amides is 1. The number of thiophene rings is 1. The van der Waals surface area contributed by atoms with E-state index in [-0.39, 0.29) is 11.8 Å². The van der Waals surface area contributed by atoms with Gasteiger partial charge in [-0.25, -0.2) is 4.98 Å². The number of carbonyl (C=O) groups is 1. The fraction of sp³-hybridized carbons (Fsp3) is 0.350. The first-order valence-corrected chi connectivity index (χ1v) is 9.93. The van der Waals surface area contributed by atoms with Crippen molar-refractivity contribution in [1.29, 1.82) is 0 Å². The molecule has 1 aliphatic heterocycles. The SMILES string of the molecule is O=C(Cc1ccsc1)N1CCC[C@@H](c2nccn2Cc2ccccn2)C1. The van der Waals surface area contributed by atoms with Crippen molar-refractivity contribution in [2.24, 2.45) is 0 Å². The van der Waals surface area contributed by atoms with Crippen LogP contribution in [0.5, 0.6) is 0 Å². The lowest BCUT2D eigenvalue weighted by Crippen LogP contribution is -2.40. The molecule has 1 atom stereocenters. The van der Waals surface area contributed by atoms with Gasteiger partial charge >= 0.3 is 0 Å². The zero-order valence-electron chi connectivity index (χ0n) is 14.6. The minimum Gasteiger partial charge on any atom is -0.342 e. The Morgan fingerprint density at radius 2 is 2.19 bits per heavy atom. The van der Waals surface area contributed by atoms with Crippen LogP contribution in [0.3, 0.4) is 0 Å². The topological polar surface area (TPSA) is 51.0 Å². The van der Waals surface area contributed by atoms with Crippen molar-refractivity contribution in [2.45, 2.75) is 31.7 Å². The van der Waals surface area contributed by atoms with Crippen LogP contribution in [0.25, 0.3) is 0 Å². The number of imidazole rings is 1. The van der Waals surface area contributed by atoms with Crippen molar-refractivity contribution in [3.05, 3.63) is 70.7 Å². The van der Waals surface area contributed by atoms with Crippen molar-refractivity contribution in [3.63, 3.8) is 0 Å². The maximum atomic E-state index is 12.6. The summed E-state index contributed by atoms with van der Waals surface area (Å²) in [6.07, 6.45) is 8.27. The predicted molar refractivity (Wildman–Crippen MR) is 102 cm³/mol. The Morgan fingerprint density at radius 1 is 1.23 bits per heavy atom. The van der Waals surface area contributed by atoms with E-state index in [0.29, 0.717) is 6.42 Å². The highest BCUT2D eigenvalue weighted by molar-refractivity contribution is 7.08. The second-order valence-corrected chi connectivity index (χ2v) is 7.50. The maximum absolute atomic E-state index is 12.6. The fourth-order valence-electron chi connectivity index (χ4n) is 3.57. The molecule has 0 spiro atoms. The summed E-state index contributed by atoms with van der Waals surface area (Å²) < 4.78 is 2.17. The van der Waals surface area contributed by atoms with Crippen LogP contribution in [0.2, 0.25) is 0 Å². The van der Waals surface area contributed by atoms with Crippen LogP contribution in [0.1, 0.15) is 35.8 Å². The predicted octanol–water partition coefficient (Wildman–Crippen LogP) is 3.34. The molecule has 0 aliphatic carbocycles. The average Bonchev–Trinajstić information content (AvgIpc) is 3.35. The lowest BCUT2D eigenvalue weighted by Gasteiger charge is -2.32. The number of hydrogen-bond acceptors (Lipinski definition) is 4. The van der Waals surface area contributed by atoms with Gasteiger partial charge in [-0.3, -0.25) is 9.78 Å². The summed E-state index contributed by atoms with van der Waals surface area (Å²) in [5.41, 5.74) is 2.13. The second-order valence-electron chi connectivity index (χ2n) is 6.72. The molecule has 1 fully saturated rings. The highest BCUT2D eigenvalue weighted by Crippen LogP contribution is 2.26. The normalized spacial score (nSPS) is 17.4. The number of carbonyl (C=O) groups excluding carboxylic acids is 1. The van der Waals surface area contributed by atoms with Crippen molar-refractivity contribution < 1.29 is 4.79 Å². The summed E-state index contributed by atoms with van der Waals surface area (Å²) in [6.45, 7) is 2.32. The minimum absolute atomic E-state index is 0.218. The summed E-state index contributed by atoms with van der Waals surface area (Å²) in [6, 6.07) is 7.99. The van der Waals surface area contributed by atoms with Gasteiger partial charge in [-0.05, 0) is 47.4 Å². The molecular formula is C20H22N4OS. The quantitative estimate of drug-likeness (QED) is 0.696. The zero-order chi connectivity index (χ0) is 17.8. The number of aromatic nitrogens is 3. The number of likely N-dealkylation sites (tertiary alicyclic amines) is 1. The van der Waals surface area contributed by atoms with Gasteiger partial charge in [0, 0.05) is 37.6 Å². The van der Waals surface area contributed by atoms with E-state index in [0.717, 1.165) is 49.6 Å². The summed E-state index contributed by atoms with van der Waals surface area (Å²) in [7, 11) is 0. The third-order valence-electron chi connectivity index (χ3n) is 4.88. The molecule has 0 radical (unpaired) electrons. The van der Waals surface area contributed by atoms with Crippen LogP contribution >= 0.6 is 11.3 Å². The molecular weight excluding hydrogens is 344 g/mol. The first kappa shape index (κ1) is 17.0. The van der Waals surface area contributed by atoms with Gasteiger partial charge in [0.15, 0.2) is 0 Å². The lowest BCUT2D eigenvalue weighted by atomic mass is 9.96. The average molecular weight is 366 g/mol. The van der Waals surface area contributed by atoms with Gasteiger partial charge in [0.1, 0.15) is 5.82 Å². The standard InChI is InChI=1S/C20H22N4OS/c25-19(12-16-6-11-26-15-16)23-9-3-4-17(13-23)20-22-8-10-24(20)14-18-5-1-2-7-21-18/h1-2,5-8,10-11,15,17H,3-4,9,12-14H2/t17-/m1/s1. The molecule has 0 saturated carbocycles. The van der Waals surface area contributed by atoms with Crippen LogP contribution in [-0.2, 0) is 17.8 Å². The van der Waals surface area contributed by atoms with Crippen LogP contribution in [0.15, 0.2) is 53.6 Å². The first-order valence-electron chi connectivity index (χ1n) is 8.99. The summed E-state index contributed by atoms with van der Waals surface area (Å²) in [4.78, 5) is 23.7. The number of piperidine rings is 1. The Labute approximate surface area is 157 Å². The van der Waals surface area contributed by atoms with E-state index in [4.69, 9.17) is 0 Å². The maximum Gasteiger partial charge on any atom is 0.227 e. The Bertz CT molecular complexity index is 844. The van der Waals surface area contributed by atoms with Crippen LogP contribution in [-0.4, -0.2) is 38.4 Å². The molecule has 4 heterocycles. The summed E-state index contributed by atoms with van der Waals surface area (Å²) in [5.74, 6) is 1.56. The Kier molecular flexibility index (Phi) is 5.11. The fourth-order valence-corrected chi connectivity index (χ4v) is 4.24. The molecule has 0 aromatic carbocycles. The van der Waals surface area contributed by atoms with E-state index in [1.165, 1.54) is 0 Å². The Balaban J connectivity index is 1.45. The van der Waals surface area contributed by atoms with Crippen molar-refractivity contribution in [1.82, 2.24) is 19.4 Å². The highest BCUT2D eigenvalue weighted by Gasteiger charge is 2.27. The van der Waals surface area contributed by atoms with Gasteiger partial charge in [-0.1, -0.05) is 6.07 Å². The largest absolute Gasteiger partial charge is 0.342 e. The van der Waals surface area contributed by atoms with Gasteiger partial charge in [-0.15, -0.1) is 0 Å². The van der Waals surface area contributed by atoms with E-state index in [1.807, 2.05) is 53.1 Å². The van der Waals surface area contributed by atoms with Gasteiger partial charge < -0.3 is 9.47 Å². The molecule has 1 aliphatic rings. The molecule has 0 N–H and O–H groups in total. The molecule has 0 bridgehead atoms. The number of hydrogen-bond donors (Lipinski definition) is 0. The smallest absolute Gasteiger partial charge is 0.227 e. The number of rotatable bonds is 5. The first-order chi connectivity index (χ1) is 12.8. The third-order valence-corrected chi connectivity index (χ3v) is 5.61. The van der Waals surface area contributed by atoms with E-state index < -0.39 is 0 Å². The molecule has 6 heteroatoms. The highest BCUT2D eigenvalue weighted by atomic mass is 32.1. The van der Waals surface area contributed by atoms with Crippen LogP contribution in [0.4, 0.5) is 0 Å². The van der Waals surface area contributed by atoms with E-state index >= 15 is 0 Å². The third kappa shape index (κ3) is 3.85. The molecule has 3 aromatic rings. The minimum atomic E-state index is 0.218. The van der Waals surface area contributed by atoms with Crippen molar-refractivity contribution in [2.75, 3.05) is 13.1 Å². The molecule has 5 nitrogen and oxygen atoms in total. The summed E-state index contributed by atoms with van der Waals surface area (Å²) in [5, 5.41) is 4.08. The van der Waals surface area contributed by atoms with Crippen LogP contribution < -0.4 is 0 Å². The molecule has 134 valence electrons. The van der Waals surface area contributed by atoms with E-state index in [1.54, 1.807) is 11.3 Å². The Hall–Kier alpha value is -2.47. The van der Waals surface area contributed by atoms with Crippen molar-refractivity contribution in [3.8, 4) is 0 Å². The van der Waals surface area contributed by atoms with Gasteiger partial charge in [0.2, 0.25) is 5.91 Å². The van der Waals surface area contributed by atoms with Gasteiger partial charge in [0.05, 0.1) is 18.7 Å². The van der Waals surface area contributed by atoms with Gasteiger partial charge in [0.25, 0.3) is 0 Å². The molecule has 1 amide bonds. The number of nitrogens with zero attached hydrogens (tertiary/aromatic N) is 4. The van der Waals surface area contributed by atoms with E-state index in [9.17, 15) is 4.79 Å². The van der Waals surface area contributed by atoms with Crippen molar-refractivity contribution >= 4 is 17.2 Å². The monoisotopic (exact) mass is 366 g/mol. The summed E-state index contributed by atoms with van der Waals surface area (Å²) >= 11 is 1.64. The molecule has 3 aromatic heterocycles.